The molecule has 0 aliphatic carbocycles. The van der Waals surface area contributed by atoms with E-state index in [0.717, 1.165) is 29.7 Å². The van der Waals surface area contributed by atoms with E-state index in [4.69, 9.17) is 4.74 Å². The fraction of sp³-hybridized carbons (Fsp3) is 0.207. The molecule has 1 aliphatic heterocycles. The molecule has 8 nitrogen and oxygen atoms in total. The number of nitrogens with zero attached hydrogens (tertiary/aromatic N) is 4. The van der Waals surface area contributed by atoms with E-state index in [1.54, 1.807) is 48.5 Å². The second kappa shape index (κ2) is 12.4. The summed E-state index contributed by atoms with van der Waals surface area (Å²) in [4.78, 5) is 32.0. The number of pyridine rings is 1. The lowest BCUT2D eigenvalue weighted by molar-refractivity contribution is -0.132. The molecule has 0 radical (unpaired) electrons. The Bertz CT molecular complexity index is 1530. The van der Waals surface area contributed by atoms with E-state index in [-0.39, 0.29) is 22.3 Å². The van der Waals surface area contributed by atoms with Crippen LogP contribution in [0, 0.1) is 5.82 Å². The first kappa shape index (κ1) is 27.5. The zero-order chi connectivity index (χ0) is 28.1. The van der Waals surface area contributed by atoms with Gasteiger partial charge >= 0.3 is 5.91 Å². The third kappa shape index (κ3) is 5.90. The third-order valence-electron chi connectivity index (χ3n) is 6.24. The smallest absolute Gasteiger partial charge is 0.301 e. The molecule has 1 fully saturated rings. The number of anilines is 1. The van der Waals surface area contributed by atoms with Crippen molar-refractivity contribution in [2.75, 3.05) is 11.5 Å². The molecule has 5 rings (SSSR count). The van der Waals surface area contributed by atoms with Crippen LogP contribution in [0.5, 0.6) is 5.75 Å². The number of thioether (sulfide) groups is 1. The van der Waals surface area contributed by atoms with Gasteiger partial charge in [0.05, 0.1) is 18.2 Å². The number of ketones is 1. The van der Waals surface area contributed by atoms with Gasteiger partial charge in [-0.25, -0.2) is 4.39 Å². The monoisotopic (exact) mass is 576 g/mol. The molecule has 1 aliphatic rings. The predicted molar refractivity (Wildman–Crippen MR) is 152 cm³/mol. The normalized spacial score (nSPS) is 16.4. The number of hydrogen-bond acceptors (Lipinski definition) is 9. The van der Waals surface area contributed by atoms with E-state index in [9.17, 15) is 19.1 Å². The van der Waals surface area contributed by atoms with Crippen molar-refractivity contribution in [3.05, 3.63) is 101 Å². The van der Waals surface area contributed by atoms with E-state index in [1.165, 1.54) is 41.2 Å². The summed E-state index contributed by atoms with van der Waals surface area (Å²) in [6.07, 6.45) is 4.93. The van der Waals surface area contributed by atoms with Crippen LogP contribution in [0.3, 0.4) is 0 Å². The van der Waals surface area contributed by atoms with Crippen LogP contribution < -0.4 is 9.64 Å². The summed E-state index contributed by atoms with van der Waals surface area (Å²) >= 11 is 2.55. The number of ether oxygens (including phenoxy) is 1. The summed E-state index contributed by atoms with van der Waals surface area (Å²) in [5.41, 5.74) is 1.83. The Morgan fingerprint density at radius 3 is 2.48 bits per heavy atom. The van der Waals surface area contributed by atoms with E-state index >= 15 is 0 Å². The van der Waals surface area contributed by atoms with Gasteiger partial charge in [-0.1, -0.05) is 60.7 Å². The Morgan fingerprint density at radius 2 is 1.77 bits per heavy atom. The number of hydrogen-bond donors (Lipinski definition) is 1. The summed E-state index contributed by atoms with van der Waals surface area (Å²) in [5.74, 6) is -1.05. The van der Waals surface area contributed by atoms with Crippen LogP contribution in [0.25, 0.3) is 5.76 Å². The SMILES string of the molecule is CCCCOc1ccc(C2C(=C(O)c3ccncc3)C(=O)C(=O)N2c2nnc(SCc3ccc(F)cc3)s2)cc1. The van der Waals surface area contributed by atoms with Crippen molar-refractivity contribution in [2.24, 2.45) is 0 Å². The molecule has 0 saturated carbocycles. The quantitative estimate of drug-likeness (QED) is 0.0597. The zero-order valence-corrected chi connectivity index (χ0v) is 23.1. The van der Waals surface area contributed by atoms with Crippen molar-refractivity contribution in [3.63, 3.8) is 0 Å². The molecule has 0 bridgehead atoms. The lowest BCUT2D eigenvalue weighted by atomic mass is 9.95. The number of unbranched alkanes of at least 4 members (excludes halogenated alkanes) is 1. The number of carbonyl (C=O) groups excluding carboxylic acids is 2. The molecule has 11 heteroatoms. The number of benzene rings is 2. The highest BCUT2D eigenvalue weighted by atomic mass is 32.2. The molecule has 1 saturated heterocycles. The van der Waals surface area contributed by atoms with Crippen molar-refractivity contribution < 1.29 is 23.8 Å². The van der Waals surface area contributed by atoms with Crippen LogP contribution in [0.4, 0.5) is 9.52 Å². The van der Waals surface area contributed by atoms with Crippen LogP contribution in [0.2, 0.25) is 0 Å². The maximum Gasteiger partial charge on any atom is 0.301 e. The van der Waals surface area contributed by atoms with Gasteiger partial charge in [-0.2, -0.15) is 0 Å². The Kier molecular flexibility index (Phi) is 8.51. The molecular formula is C29H25FN4O4S2. The van der Waals surface area contributed by atoms with E-state index in [1.807, 2.05) is 0 Å². The van der Waals surface area contributed by atoms with Gasteiger partial charge in [0.1, 0.15) is 17.3 Å². The minimum Gasteiger partial charge on any atom is -0.507 e. The second-order valence-electron chi connectivity index (χ2n) is 8.94. The Labute approximate surface area is 238 Å². The highest BCUT2D eigenvalue weighted by molar-refractivity contribution is 8.00. The van der Waals surface area contributed by atoms with E-state index in [0.29, 0.717) is 33.6 Å². The molecule has 1 N–H and O–H groups in total. The molecule has 4 aromatic rings. The largest absolute Gasteiger partial charge is 0.507 e. The fourth-order valence-corrected chi connectivity index (χ4v) is 6.00. The molecule has 1 amide bonds. The van der Waals surface area contributed by atoms with Crippen molar-refractivity contribution in [1.82, 2.24) is 15.2 Å². The highest BCUT2D eigenvalue weighted by Crippen LogP contribution is 2.44. The summed E-state index contributed by atoms with van der Waals surface area (Å²) in [5, 5.41) is 19.9. The van der Waals surface area contributed by atoms with Crippen LogP contribution >= 0.6 is 23.1 Å². The summed E-state index contributed by atoms with van der Waals surface area (Å²) < 4.78 is 19.6. The van der Waals surface area contributed by atoms with Crippen LogP contribution in [-0.4, -0.2) is 38.6 Å². The van der Waals surface area contributed by atoms with Crippen molar-refractivity contribution in [3.8, 4) is 5.75 Å². The van der Waals surface area contributed by atoms with Gasteiger partial charge < -0.3 is 9.84 Å². The number of Topliss-reactive ketones (excluding diaryl/α,β-unsaturated/α-hetero) is 1. The Morgan fingerprint density at radius 1 is 1.05 bits per heavy atom. The highest BCUT2D eigenvalue weighted by Gasteiger charge is 2.48. The van der Waals surface area contributed by atoms with Crippen LogP contribution in [0.15, 0.2) is 83.0 Å². The molecule has 1 unspecified atom stereocenters. The summed E-state index contributed by atoms with van der Waals surface area (Å²) in [6, 6.07) is 15.5. The maximum atomic E-state index is 13.4. The van der Waals surface area contributed by atoms with Crippen molar-refractivity contribution in [2.45, 2.75) is 35.9 Å². The first-order valence-electron chi connectivity index (χ1n) is 12.6. The molecule has 0 spiro atoms. The van der Waals surface area contributed by atoms with Gasteiger partial charge in [-0.15, -0.1) is 10.2 Å². The van der Waals surface area contributed by atoms with Gasteiger partial charge in [0, 0.05) is 23.7 Å². The standard InChI is InChI=1S/C29H25FN4O4S2/c1-2-3-16-38-22-10-6-19(7-11-22)24-23(25(35)20-12-14-31-15-13-20)26(36)27(37)34(24)28-32-33-29(40-28)39-17-18-4-8-21(30)9-5-18/h4-15,24,35H,2-3,16-17H2,1H3. The number of aliphatic hydroxyl groups excluding tert-OH is 1. The molecular weight excluding hydrogens is 551 g/mol. The minimum absolute atomic E-state index is 0.0495. The molecule has 3 heterocycles. The predicted octanol–water partition coefficient (Wildman–Crippen LogP) is 6.17. The number of rotatable bonds is 10. The summed E-state index contributed by atoms with van der Waals surface area (Å²) in [6.45, 7) is 2.66. The Balaban J connectivity index is 1.49. The average Bonchev–Trinajstić information content (AvgIpc) is 3.55. The molecule has 2 aromatic carbocycles. The van der Waals surface area contributed by atoms with Gasteiger partial charge in [0.15, 0.2) is 4.34 Å². The third-order valence-corrected chi connectivity index (χ3v) is 8.37. The van der Waals surface area contributed by atoms with Crippen molar-refractivity contribution in [1.29, 1.82) is 0 Å². The van der Waals surface area contributed by atoms with Crippen LogP contribution in [-0.2, 0) is 15.3 Å². The van der Waals surface area contributed by atoms with Gasteiger partial charge in [0.25, 0.3) is 5.78 Å². The lowest BCUT2D eigenvalue weighted by Gasteiger charge is -2.22. The first-order chi connectivity index (χ1) is 19.5. The van der Waals surface area contributed by atoms with Gasteiger partial charge in [-0.05, 0) is 53.9 Å². The number of carbonyl (C=O) groups is 2. The van der Waals surface area contributed by atoms with Gasteiger partial charge in [0.2, 0.25) is 5.13 Å². The van der Waals surface area contributed by atoms with Crippen molar-refractivity contribution >= 4 is 45.7 Å². The summed E-state index contributed by atoms with van der Waals surface area (Å²) in [7, 11) is 0. The topological polar surface area (TPSA) is 106 Å². The zero-order valence-electron chi connectivity index (χ0n) is 21.5. The number of aliphatic hydroxyl groups is 1. The average molecular weight is 577 g/mol. The maximum absolute atomic E-state index is 13.4. The molecule has 2 aromatic heterocycles. The molecule has 1 atom stereocenters. The number of amides is 1. The van der Waals surface area contributed by atoms with Gasteiger partial charge in [-0.3, -0.25) is 19.5 Å². The second-order valence-corrected chi connectivity index (χ2v) is 11.1. The number of aromatic nitrogens is 3. The minimum atomic E-state index is -0.930. The molecule has 204 valence electrons. The first-order valence-corrected chi connectivity index (χ1v) is 14.4. The van der Waals surface area contributed by atoms with Crippen LogP contribution in [0.1, 0.15) is 42.5 Å². The number of halogens is 1. The lowest BCUT2D eigenvalue weighted by Crippen LogP contribution is -2.29. The van der Waals surface area contributed by atoms with E-state index < -0.39 is 17.7 Å². The molecule has 40 heavy (non-hydrogen) atoms. The van der Waals surface area contributed by atoms with E-state index in [2.05, 4.69) is 22.1 Å². The Hall–Kier alpha value is -4.09. The fourth-order valence-electron chi connectivity index (χ4n) is 4.18.